The van der Waals surface area contributed by atoms with Crippen molar-refractivity contribution in [2.24, 2.45) is 7.05 Å². The molecule has 102 valence electrons. The van der Waals surface area contributed by atoms with Gasteiger partial charge in [0.05, 0.1) is 18.4 Å². The predicted molar refractivity (Wildman–Crippen MR) is 67.1 cm³/mol. The molecule has 1 aromatic rings. The zero-order chi connectivity index (χ0) is 13.7. The molecule has 1 rings (SSSR count). The molecule has 0 bridgehead atoms. The van der Waals surface area contributed by atoms with Crippen LogP contribution in [0.15, 0.2) is 0 Å². The number of hydrogen-bond acceptors (Lipinski definition) is 4. The van der Waals surface area contributed by atoms with Crippen LogP contribution in [-0.4, -0.2) is 45.2 Å². The molecule has 6 nitrogen and oxygen atoms in total. The van der Waals surface area contributed by atoms with E-state index in [1.165, 1.54) is 0 Å². The first-order chi connectivity index (χ1) is 8.45. The summed E-state index contributed by atoms with van der Waals surface area (Å²) in [5.41, 5.74) is 3.10. The molecule has 0 saturated heterocycles. The molecule has 18 heavy (non-hydrogen) atoms. The van der Waals surface area contributed by atoms with Crippen molar-refractivity contribution in [3.8, 4) is 0 Å². The molecule has 0 saturated carbocycles. The van der Waals surface area contributed by atoms with Crippen LogP contribution >= 0.6 is 0 Å². The van der Waals surface area contributed by atoms with Gasteiger partial charge in [0.1, 0.15) is 0 Å². The minimum atomic E-state index is -0.893. The number of carbonyl (C=O) groups is 1. The van der Waals surface area contributed by atoms with Crippen molar-refractivity contribution < 1.29 is 15.0 Å². The molecule has 1 amide bonds. The van der Waals surface area contributed by atoms with E-state index in [4.69, 9.17) is 10.2 Å². The SMILES string of the molecule is Cc1nn(C)c(C)c1CCC(=O)NCC(O)CO. The van der Waals surface area contributed by atoms with Crippen molar-refractivity contribution in [2.45, 2.75) is 32.8 Å². The van der Waals surface area contributed by atoms with Crippen LogP contribution in [0.1, 0.15) is 23.4 Å². The minimum absolute atomic E-state index is 0.0837. The van der Waals surface area contributed by atoms with Gasteiger partial charge in [0.2, 0.25) is 5.91 Å². The van der Waals surface area contributed by atoms with Gasteiger partial charge in [-0.15, -0.1) is 0 Å². The van der Waals surface area contributed by atoms with Crippen LogP contribution in [-0.2, 0) is 18.3 Å². The van der Waals surface area contributed by atoms with Gasteiger partial charge in [-0.2, -0.15) is 5.10 Å². The maximum absolute atomic E-state index is 11.5. The molecule has 0 spiro atoms. The molecule has 1 heterocycles. The maximum atomic E-state index is 11.5. The zero-order valence-electron chi connectivity index (χ0n) is 11.1. The van der Waals surface area contributed by atoms with E-state index in [0.29, 0.717) is 12.8 Å². The van der Waals surface area contributed by atoms with E-state index in [2.05, 4.69) is 10.4 Å². The average Bonchev–Trinajstić information content (AvgIpc) is 2.58. The number of aromatic nitrogens is 2. The van der Waals surface area contributed by atoms with Crippen molar-refractivity contribution in [2.75, 3.05) is 13.2 Å². The summed E-state index contributed by atoms with van der Waals surface area (Å²) in [5, 5.41) is 24.6. The van der Waals surface area contributed by atoms with Crippen LogP contribution in [0.2, 0.25) is 0 Å². The molecule has 0 fully saturated rings. The lowest BCUT2D eigenvalue weighted by atomic mass is 10.1. The van der Waals surface area contributed by atoms with Crippen LogP contribution in [0, 0.1) is 13.8 Å². The third kappa shape index (κ3) is 3.82. The van der Waals surface area contributed by atoms with E-state index in [-0.39, 0.29) is 19.1 Å². The van der Waals surface area contributed by atoms with E-state index in [9.17, 15) is 4.79 Å². The average molecular weight is 255 g/mol. The molecule has 0 radical (unpaired) electrons. The fourth-order valence-electron chi connectivity index (χ4n) is 1.80. The summed E-state index contributed by atoms with van der Waals surface area (Å²) in [7, 11) is 1.88. The third-order valence-corrected chi connectivity index (χ3v) is 3.01. The number of amides is 1. The molecule has 6 heteroatoms. The molecular formula is C12H21N3O3. The van der Waals surface area contributed by atoms with Gasteiger partial charge in [-0.1, -0.05) is 0 Å². The number of nitrogens with zero attached hydrogens (tertiary/aromatic N) is 2. The zero-order valence-corrected chi connectivity index (χ0v) is 11.1. The summed E-state index contributed by atoms with van der Waals surface area (Å²) in [6.45, 7) is 3.64. The highest BCUT2D eigenvalue weighted by Gasteiger charge is 2.11. The Labute approximate surface area is 107 Å². The van der Waals surface area contributed by atoms with Crippen LogP contribution in [0.3, 0.4) is 0 Å². The van der Waals surface area contributed by atoms with Gasteiger partial charge in [-0.05, 0) is 25.8 Å². The smallest absolute Gasteiger partial charge is 0.220 e. The van der Waals surface area contributed by atoms with Crippen LogP contribution in [0.5, 0.6) is 0 Å². The van der Waals surface area contributed by atoms with E-state index in [1.807, 2.05) is 20.9 Å². The monoisotopic (exact) mass is 255 g/mol. The summed E-state index contributed by atoms with van der Waals surface area (Å²) in [4.78, 5) is 11.5. The number of rotatable bonds is 6. The van der Waals surface area contributed by atoms with E-state index in [1.54, 1.807) is 4.68 Å². The number of aryl methyl sites for hydroxylation is 2. The Morgan fingerprint density at radius 3 is 2.67 bits per heavy atom. The van der Waals surface area contributed by atoms with E-state index < -0.39 is 6.10 Å². The first-order valence-corrected chi connectivity index (χ1v) is 6.00. The second kappa shape index (κ2) is 6.51. The lowest BCUT2D eigenvalue weighted by molar-refractivity contribution is -0.121. The Morgan fingerprint density at radius 1 is 1.50 bits per heavy atom. The van der Waals surface area contributed by atoms with Crippen molar-refractivity contribution >= 4 is 5.91 Å². The van der Waals surface area contributed by atoms with Crippen LogP contribution in [0.25, 0.3) is 0 Å². The van der Waals surface area contributed by atoms with Gasteiger partial charge in [-0.25, -0.2) is 0 Å². The van der Waals surface area contributed by atoms with Crippen molar-refractivity contribution in [1.82, 2.24) is 15.1 Å². The minimum Gasteiger partial charge on any atom is -0.394 e. The summed E-state index contributed by atoms with van der Waals surface area (Å²) in [5.74, 6) is -0.134. The summed E-state index contributed by atoms with van der Waals surface area (Å²) in [6.07, 6.45) is 0.0914. The third-order valence-electron chi connectivity index (χ3n) is 3.01. The molecule has 3 N–H and O–H groups in total. The van der Waals surface area contributed by atoms with Gasteiger partial charge in [-0.3, -0.25) is 9.48 Å². The van der Waals surface area contributed by atoms with Gasteiger partial charge >= 0.3 is 0 Å². The van der Waals surface area contributed by atoms with Gasteiger partial charge in [0, 0.05) is 25.7 Å². The van der Waals surface area contributed by atoms with Crippen molar-refractivity contribution in [3.63, 3.8) is 0 Å². The maximum Gasteiger partial charge on any atom is 0.220 e. The highest BCUT2D eigenvalue weighted by molar-refractivity contribution is 5.76. The quantitative estimate of drug-likeness (QED) is 0.636. The Balaban J connectivity index is 2.43. The molecule has 0 aliphatic carbocycles. The van der Waals surface area contributed by atoms with Crippen LogP contribution < -0.4 is 5.32 Å². The Hall–Kier alpha value is -1.40. The van der Waals surface area contributed by atoms with E-state index >= 15 is 0 Å². The fourth-order valence-corrected chi connectivity index (χ4v) is 1.80. The van der Waals surface area contributed by atoms with Gasteiger partial charge in [0.15, 0.2) is 0 Å². The number of aliphatic hydroxyl groups excluding tert-OH is 2. The van der Waals surface area contributed by atoms with Gasteiger partial charge < -0.3 is 15.5 Å². The van der Waals surface area contributed by atoms with Crippen molar-refractivity contribution in [1.29, 1.82) is 0 Å². The molecule has 1 unspecified atom stereocenters. The molecular weight excluding hydrogens is 234 g/mol. The van der Waals surface area contributed by atoms with Crippen molar-refractivity contribution in [3.05, 3.63) is 17.0 Å². The number of aliphatic hydroxyl groups is 2. The molecule has 0 aromatic carbocycles. The van der Waals surface area contributed by atoms with Gasteiger partial charge in [0.25, 0.3) is 0 Å². The summed E-state index contributed by atoms with van der Waals surface area (Å²) >= 11 is 0. The standard InChI is InChI=1S/C12H21N3O3/c1-8-11(9(2)15(3)14-8)4-5-12(18)13-6-10(17)7-16/h10,16-17H,4-7H2,1-3H3,(H,13,18). The highest BCUT2D eigenvalue weighted by Crippen LogP contribution is 2.13. The number of nitrogens with one attached hydrogen (secondary N) is 1. The predicted octanol–water partition coefficient (Wildman–Crippen LogP) is -0.561. The Morgan fingerprint density at radius 2 is 2.17 bits per heavy atom. The molecule has 0 aliphatic rings. The molecule has 1 atom stereocenters. The lowest BCUT2D eigenvalue weighted by Crippen LogP contribution is -2.34. The number of hydrogen-bond donors (Lipinski definition) is 3. The first kappa shape index (κ1) is 14.7. The Bertz CT molecular complexity index is 415. The first-order valence-electron chi connectivity index (χ1n) is 6.00. The summed E-state index contributed by atoms with van der Waals surface area (Å²) in [6, 6.07) is 0. The highest BCUT2D eigenvalue weighted by atomic mass is 16.3. The Kier molecular flexibility index (Phi) is 5.30. The molecule has 0 aliphatic heterocycles. The summed E-state index contributed by atoms with van der Waals surface area (Å²) < 4.78 is 1.80. The normalized spacial score (nSPS) is 12.5. The largest absolute Gasteiger partial charge is 0.394 e. The lowest BCUT2D eigenvalue weighted by Gasteiger charge is -2.09. The second-order valence-electron chi connectivity index (χ2n) is 4.41. The van der Waals surface area contributed by atoms with E-state index in [0.717, 1.165) is 17.0 Å². The molecule has 1 aromatic heterocycles. The fraction of sp³-hybridized carbons (Fsp3) is 0.667. The topological polar surface area (TPSA) is 87.4 Å². The van der Waals surface area contributed by atoms with Crippen LogP contribution in [0.4, 0.5) is 0 Å². The second-order valence-corrected chi connectivity index (χ2v) is 4.41. The number of carbonyl (C=O) groups excluding carboxylic acids is 1.